The van der Waals surface area contributed by atoms with Gasteiger partial charge in [-0.2, -0.15) is 0 Å². The highest BCUT2D eigenvalue weighted by Gasteiger charge is 2.14. The first-order valence-corrected chi connectivity index (χ1v) is 6.77. The van der Waals surface area contributed by atoms with Gasteiger partial charge in [0.15, 0.2) is 0 Å². The lowest BCUT2D eigenvalue weighted by Gasteiger charge is -2.07. The molecule has 3 rings (SSSR count). The molecule has 3 aromatic rings. The molecule has 3 N–H and O–H groups in total. The molecule has 0 fully saturated rings. The molecule has 5 heteroatoms. The van der Waals surface area contributed by atoms with Crippen molar-refractivity contribution in [1.29, 1.82) is 0 Å². The van der Waals surface area contributed by atoms with E-state index in [0.717, 1.165) is 9.86 Å². The minimum absolute atomic E-state index is 0.222. The number of fused-ring (bicyclic) bond motifs is 1. The molecule has 2 aromatic carbocycles. The number of nitrogen functional groups attached to an aromatic ring is 1. The van der Waals surface area contributed by atoms with Gasteiger partial charge in [0.2, 0.25) is 0 Å². The summed E-state index contributed by atoms with van der Waals surface area (Å²) in [6.07, 6.45) is 1.46. The summed E-state index contributed by atoms with van der Waals surface area (Å²) in [5.74, 6) is -0.222. The van der Waals surface area contributed by atoms with Crippen LogP contribution in [0.15, 0.2) is 57.6 Å². The predicted octanol–water partition coefficient (Wildman–Crippen LogP) is 4.03. The number of para-hydroxylation sites is 1. The number of halogens is 1. The number of hydrogen-bond acceptors (Lipinski definition) is 3. The van der Waals surface area contributed by atoms with E-state index < -0.39 is 0 Å². The van der Waals surface area contributed by atoms with Crippen molar-refractivity contribution in [2.75, 3.05) is 11.1 Å². The molecule has 1 amide bonds. The fraction of sp³-hybridized carbons (Fsp3) is 0. The molecule has 0 saturated heterocycles. The molecule has 0 atom stereocenters. The highest BCUT2D eigenvalue weighted by Crippen LogP contribution is 2.27. The van der Waals surface area contributed by atoms with Crippen LogP contribution in [0.25, 0.3) is 11.0 Å². The lowest BCUT2D eigenvalue weighted by atomic mass is 10.1. The molecule has 0 aliphatic rings. The van der Waals surface area contributed by atoms with Gasteiger partial charge in [-0.15, -0.1) is 0 Å². The van der Waals surface area contributed by atoms with Crippen molar-refractivity contribution in [3.63, 3.8) is 0 Å². The number of nitrogens with two attached hydrogens (primary N) is 1. The van der Waals surface area contributed by atoms with Gasteiger partial charge in [-0.3, -0.25) is 4.79 Å². The summed E-state index contributed by atoms with van der Waals surface area (Å²) in [4.78, 5) is 12.3. The Morgan fingerprint density at radius 1 is 1.20 bits per heavy atom. The van der Waals surface area contributed by atoms with Crippen LogP contribution in [0.2, 0.25) is 0 Å². The van der Waals surface area contributed by atoms with Gasteiger partial charge in [0.1, 0.15) is 11.8 Å². The van der Waals surface area contributed by atoms with E-state index in [1.807, 2.05) is 24.3 Å². The van der Waals surface area contributed by atoms with Gasteiger partial charge >= 0.3 is 0 Å². The van der Waals surface area contributed by atoms with Gasteiger partial charge < -0.3 is 15.5 Å². The molecular weight excluding hydrogens is 320 g/mol. The van der Waals surface area contributed by atoms with Gasteiger partial charge in [-0.05, 0) is 40.2 Å². The second kappa shape index (κ2) is 5.02. The van der Waals surface area contributed by atoms with Crippen LogP contribution >= 0.6 is 15.9 Å². The number of carbonyl (C=O) groups is 1. The van der Waals surface area contributed by atoms with Crippen molar-refractivity contribution in [2.45, 2.75) is 0 Å². The zero-order valence-electron chi connectivity index (χ0n) is 10.4. The Morgan fingerprint density at radius 3 is 2.80 bits per heavy atom. The second-order valence-electron chi connectivity index (χ2n) is 4.34. The highest BCUT2D eigenvalue weighted by molar-refractivity contribution is 9.10. The van der Waals surface area contributed by atoms with Crippen LogP contribution in [0, 0.1) is 0 Å². The summed E-state index contributed by atoms with van der Waals surface area (Å²) in [7, 11) is 0. The number of anilines is 2. The summed E-state index contributed by atoms with van der Waals surface area (Å²) in [6.45, 7) is 0. The zero-order valence-corrected chi connectivity index (χ0v) is 12.0. The Labute approximate surface area is 123 Å². The number of benzene rings is 2. The third-order valence-electron chi connectivity index (χ3n) is 2.97. The fourth-order valence-electron chi connectivity index (χ4n) is 1.98. The Hall–Kier alpha value is -2.27. The standard InChI is InChI=1S/C15H11BrN2O2/c16-12-7-9(17)5-6-13(12)18-15(19)11-8-20-14-4-2-1-3-10(11)14/h1-8H,17H2,(H,18,19). The Bertz CT molecular complexity index is 795. The predicted molar refractivity (Wildman–Crippen MR) is 82.7 cm³/mol. The first-order valence-electron chi connectivity index (χ1n) is 5.98. The van der Waals surface area contributed by atoms with Crippen LogP contribution in [0.3, 0.4) is 0 Å². The minimum Gasteiger partial charge on any atom is -0.463 e. The molecule has 0 unspecified atom stereocenters. The number of hydrogen-bond donors (Lipinski definition) is 2. The van der Waals surface area contributed by atoms with E-state index in [2.05, 4.69) is 21.2 Å². The molecule has 0 radical (unpaired) electrons. The molecule has 20 heavy (non-hydrogen) atoms. The van der Waals surface area contributed by atoms with Crippen LogP contribution in [0.4, 0.5) is 11.4 Å². The smallest absolute Gasteiger partial charge is 0.259 e. The second-order valence-corrected chi connectivity index (χ2v) is 5.19. The molecule has 0 aliphatic carbocycles. The quantitative estimate of drug-likeness (QED) is 0.697. The maximum absolute atomic E-state index is 12.3. The molecule has 0 aliphatic heterocycles. The Kier molecular flexibility index (Phi) is 3.20. The summed E-state index contributed by atoms with van der Waals surface area (Å²) in [5.41, 5.74) is 8.15. The van der Waals surface area contributed by atoms with E-state index in [-0.39, 0.29) is 5.91 Å². The van der Waals surface area contributed by atoms with Crippen molar-refractivity contribution in [3.8, 4) is 0 Å². The lowest BCUT2D eigenvalue weighted by Crippen LogP contribution is -2.11. The van der Waals surface area contributed by atoms with E-state index in [9.17, 15) is 4.79 Å². The van der Waals surface area contributed by atoms with Crippen molar-refractivity contribution in [3.05, 3.63) is 58.8 Å². The normalized spacial score (nSPS) is 10.7. The van der Waals surface area contributed by atoms with Crippen molar-refractivity contribution in [1.82, 2.24) is 0 Å². The van der Waals surface area contributed by atoms with Crippen LogP contribution in [-0.4, -0.2) is 5.91 Å². The van der Waals surface area contributed by atoms with Crippen LogP contribution in [0.1, 0.15) is 10.4 Å². The highest BCUT2D eigenvalue weighted by atomic mass is 79.9. The van der Waals surface area contributed by atoms with E-state index >= 15 is 0 Å². The van der Waals surface area contributed by atoms with Crippen molar-refractivity contribution in [2.24, 2.45) is 0 Å². The average Bonchev–Trinajstić information content (AvgIpc) is 2.86. The number of rotatable bonds is 2. The van der Waals surface area contributed by atoms with E-state index in [0.29, 0.717) is 22.5 Å². The fourth-order valence-corrected chi connectivity index (χ4v) is 2.47. The Morgan fingerprint density at radius 2 is 2.00 bits per heavy atom. The van der Waals surface area contributed by atoms with Gasteiger partial charge in [0, 0.05) is 15.5 Å². The molecular formula is C15H11BrN2O2. The number of nitrogens with one attached hydrogen (secondary N) is 1. The first-order chi connectivity index (χ1) is 9.65. The largest absolute Gasteiger partial charge is 0.463 e. The molecule has 100 valence electrons. The van der Waals surface area contributed by atoms with Crippen molar-refractivity contribution < 1.29 is 9.21 Å². The third-order valence-corrected chi connectivity index (χ3v) is 3.62. The zero-order chi connectivity index (χ0) is 14.1. The first kappa shape index (κ1) is 12.7. The molecule has 1 heterocycles. The number of amides is 1. The van der Waals surface area contributed by atoms with E-state index in [4.69, 9.17) is 10.2 Å². The van der Waals surface area contributed by atoms with Crippen molar-refractivity contribution >= 4 is 44.2 Å². The third kappa shape index (κ3) is 2.28. The topological polar surface area (TPSA) is 68.3 Å². The van der Waals surface area contributed by atoms with Gasteiger partial charge in [-0.25, -0.2) is 0 Å². The minimum atomic E-state index is -0.222. The van der Waals surface area contributed by atoms with Gasteiger partial charge in [0.25, 0.3) is 5.91 Å². The van der Waals surface area contributed by atoms with Crippen LogP contribution < -0.4 is 11.1 Å². The summed E-state index contributed by atoms with van der Waals surface area (Å²) < 4.78 is 6.10. The molecule has 0 saturated carbocycles. The average molecular weight is 331 g/mol. The molecule has 0 bridgehead atoms. The van der Waals surface area contributed by atoms with Crippen LogP contribution in [-0.2, 0) is 0 Å². The summed E-state index contributed by atoms with van der Waals surface area (Å²) >= 11 is 3.37. The summed E-state index contributed by atoms with van der Waals surface area (Å²) in [6, 6.07) is 12.6. The lowest BCUT2D eigenvalue weighted by molar-refractivity contribution is 0.102. The Balaban J connectivity index is 1.93. The van der Waals surface area contributed by atoms with E-state index in [1.54, 1.807) is 18.2 Å². The maximum atomic E-state index is 12.3. The number of carbonyl (C=O) groups excluding carboxylic acids is 1. The maximum Gasteiger partial charge on any atom is 0.259 e. The van der Waals surface area contributed by atoms with Gasteiger partial charge in [0.05, 0.1) is 11.3 Å². The SMILES string of the molecule is Nc1ccc(NC(=O)c2coc3ccccc23)c(Br)c1. The summed E-state index contributed by atoms with van der Waals surface area (Å²) in [5, 5.41) is 3.62. The van der Waals surface area contributed by atoms with Gasteiger partial charge in [-0.1, -0.05) is 18.2 Å². The van der Waals surface area contributed by atoms with E-state index in [1.165, 1.54) is 6.26 Å². The molecule has 4 nitrogen and oxygen atoms in total. The molecule has 0 spiro atoms. The van der Waals surface area contributed by atoms with Crippen LogP contribution in [0.5, 0.6) is 0 Å². The number of furan rings is 1. The molecule has 1 aromatic heterocycles. The monoisotopic (exact) mass is 330 g/mol.